The Labute approximate surface area is 145 Å². The average molecular weight is 357 g/mol. The summed E-state index contributed by atoms with van der Waals surface area (Å²) in [5, 5.41) is 2.62. The summed E-state index contributed by atoms with van der Waals surface area (Å²) < 4.78 is 21.2. The van der Waals surface area contributed by atoms with Crippen molar-refractivity contribution >= 4 is 23.8 Å². The molecule has 1 fully saturated rings. The maximum absolute atomic E-state index is 11.5. The van der Waals surface area contributed by atoms with Gasteiger partial charge in [-0.2, -0.15) is 0 Å². The highest BCUT2D eigenvalue weighted by molar-refractivity contribution is 5.74. The smallest absolute Gasteiger partial charge is 0.303 e. The number of nitrogens with one attached hydrogen (secondary N) is 1. The lowest BCUT2D eigenvalue weighted by atomic mass is 9.92. The molecule has 1 N–H and O–H groups in total. The molecule has 0 bridgehead atoms. The van der Waals surface area contributed by atoms with Crippen LogP contribution >= 0.6 is 0 Å². The Morgan fingerprint density at radius 1 is 1.00 bits per heavy atom. The van der Waals surface area contributed by atoms with Crippen molar-refractivity contribution in [2.75, 3.05) is 6.61 Å². The second-order valence-electron chi connectivity index (χ2n) is 5.55. The van der Waals surface area contributed by atoms with Gasteiger partial charge in [0.25, 0.3) is 0 Å². The Balaban J connectivity index is 3.20. The van der Waals surface area contributed by atoms with Crippen molar-refractivity contribution in [3.8, 4) is 0 Å². The summed E-state index contributed by atoms with van der Waals surface area (Å²) in [5.41, 5.74) is 0. The van der Waals surface area contributed by atoms with Crippen LogP contribution in [0, 0.1) is 0 Å². The zero-order valence-corrected chi connectivity index (χ0v) is 14.6. The maximum Gasteiger partial charge on any atom is 0.303 e. The van der Waals surface area contributed by atoms with Crippen molar-refractivity contribution < 1.29 is 38.1 Å². The fraction of sp³-hybridized carbons (Fsp3) is 0.625. The minimum atomic E-state index is -1.08. The van der Waals surface area contributed by atoms with E-state index in [9.17, 15) is 19.2 Å². The molecule has 9 nitrogen and oxygen atoms in total. The van der Waals surface area contributed by atoms with E-state index in [2.05, 4.69) is 11.9 Å². The van der Waals surface area contributed by atoms with Gasteiger partial charge in [-0.1, -0.05) is 6.08 Å². The molecule has 1 saturated heterocycles. The van der Waals surface area contributed by atoms with Crippen molar-refractivity contribution in [3.63, 3.8) is 0 Å². The highest BCUT2D eigenvalue weighted by Crippen LogP contribution is 2.27. The number of ether oxygens (including phenoxy) is 4. The van der Waals surface area contributed by atoms with Gasteiger partial charge in [0.2, 0.25) is 5.91 Å². The molecule has 0 aromatic heterocycles. The second kappa shape index (κ2) is 9.16. The van der Waals surface area contributed by atoms with Gasteiger partial charge >= 0.3 is 17.9 Å². The fourth-order valence-corrected chi connectivity index (χ4v) is 2.57. The molecule has 0 radical (unpaired) electrons. The molecule has 5 atom stereocenters. The van der Waals surface area contributed by atoms with E-state index in [-0.39, 0.29) is 6.61 Å². The summed E-state index contributed by atoms with van der Waals surface area (Å²) in [6.07, 6.45) is -2.34. The highest BCUT2D eigenvalue weighted by atomic mass is 16.6. The van der Waals surface area contributed by atoms with Crippen LogP contribution in [0.4, 0.5) is 0 Å². The van der Waals surface area contributed by atoms with Crippen LogP contribution in [0.15, 0.2) is 12.7 Å². The minimum Gasteiger partial charge on any atom is -0.463 e. The lowest BCUT2D eigenvalue weighted by Crippen LogP contribution is -2.65. The van der Waals surface area contributed by atoms with Crippen LogP contribution in [0.3, 0.4) is 0 Å². The van der Waals surface area contributed by atoms with Gasteiger partial charge in [0.05, 0.1) is 6.04 Å². The van der Waals surface area contributed by atoms with Crippen molar-refractivity contribution in [2.45, 2.75) is 58.2 Å². The Hall–Kier alpha value is -2.42. The number of carbonyl (C=O) groups is 4. The van der Waals surface area contributed by atoms with E-state index in [4.69, 9.17) is 18.9 Å². The topological polar surface area (TPSA) is 117 Å². The van der Waals surface area contributed by atoms with Crippen LogP contribution in [0.2, 0.25) is 0 Å². The van der Waals surface area contributed by atoms with E-state index in [0.29, 0.717) is 0 Å². The van der Waals surface area contributed by atoms with Crippen molar-refractivity contribution in [2.24, 2.45) is 0 Å². The first-order valence-electron chi connectivity index (χ1n) is 7.68. The first-order chi connectivity index (χ1) is 11.6. The summed E-state index contributed by atoms with van der Waals surface area (Å²) >= 11 is 0. The molecule has 1 aliphatic heterocycles. The van der Waals surface area contributed by atoms with Gasteiger partial charge in [0, 0.05) is 27.7 Å². The number of hydrogen-bond acceptors (Lipinski definition) is 8. The van der Waals surface area contributed by atoms with Gasteiger partial charge in [-0.3, -0.25) is 19.2 Å². The molecule has 9 heteroatoms. The van der Waals surface area contributed by atoms with Gasteiger partial charge in [-0.15, -0.1) is 6.58 Å². The van der Waals surface area contributed by atoms with Crippen LogP contribution in [0.1, 0.15) is 27.7 Å². The Morgan fingerprint density at radius 2 is 1.56 bits per heavy atom. The quantitative estimate of drug-likeness (QED) is 0.397. The number of rotatable bonds is 6. The molecule has 0 aromatic carbocycles. The summed E-state index contributed by atoms with van der Waals surface area (Å²) in [4.78, 5) is 45.6. The SMILES string of the molecule is C=C[C@H]1O[C@H](COC(C)=O)[C@@H](OC(C)=O)[C@H](OC(C)=O)[C@H]1NC(C)=O. The zero-order valence-electron chi connectivity index (χ0n) is 14.6. The highest BCUT2D eigenvalue weighted by Gasteiger charge is 2.49. The zero-order chi connectivity index (χ0) is 19.1. The average Bonchev–Trinajstić information content (AvgIpc) is 2.48. The number of carbonyl (C=O) groups excluding carboxylic acids is 4. The monoisotopic (exact) mass is 357 g/mol. The number of esters is 3. The minimum absolute atomic E-state index is 0.220. The summed E-state index contributed by atoms with van der Waals surface area (Å²) in [7, 11) is 0. The van der Waals surface area contributed by atoms with E-state index < -0.39 is 54.3 Å². The maximum atomic E-state index is 11.5. The normalized spacial score (nSPS) is 28.4. The van der Waals surface area contributed by atoms with E-state index in [1.165, 1.54) is 33.8 Å². The van der Waals surface area contributed by atoms with Gasteiger partial charge < -0.3 is 24.3 Å². The van der Waals surface area contributed by atoms with Gasteiger partial charge in [-0.25, -0.2) is 0 Å². The number of hydrogen-bond donors (Lipinski definition) is 1. The van der Waals surface area contributed by atoms with Crippen molar-refractivity contribution in [1.29, 1.82) is 0 Å². The van der Waals surface area contributed by atoms with Gasteiger partial charge in [0.1, 0.15) is 18.8 Å². The molecule has 0 spiro atoms. The molecule has 1 aliphatic rings. The molecule has 140 valence electrons. The second-order valence-corrected chi connectivity index (χ2v) is 5.55. The van der Waals surface area contributed by atoms with Crippen molar-refractivity contribution in [3.05, 3.63) is 12.7 Å². The van der Waals surface area contributed by atoms with Gasteiger partial charge in [0.15, 0.2) is 12.2 Å². The third-order valence-corrected chi connectivity index (χ3v) is 3.39. The largest absolute Gasteiger partial charge is 0.463 e. The molecule has 25 heavy (non-hydrogen) atoms. The van der Waals surface area contributed by atoms with Crippen LogP contribution in [0.5, 0.6) is 0 Å². The summed E-state index contributed by atoms with van der Waals surface area (Å²) in [5.74, 6) is -2.21. The Kier molecular flexibility index (Phi) is 7.56. The van der Waals surface area contributed by atoms with Crippen molar-refractivity contribution in [1.82, 2.24) is 5.32 Å². The molecule has 0 aromatic rings. The van der Waals surface area contributed by atoms with Crippen LogP contribution in [-0.2, 0) is 38.1 Å². The lowest BCUT2D eigenvalue weighted by molar-refractivity contribution is -0.217. The Morgan fingerprint density at radius 3 is 2.00 bits per heavy atom. The molecule has 1 amide bonds. The summed E-state index contributed by atoms with van der Waals surface area (Å²) in [6, 6.07) is -0.822. The van der Waals surface area contributed by atoms with E-state index in [0.717, 1.165) is 0 Å². The molecule has 0 unspecified atom stereocenters. The predicted molar refractivity (Wildman–Crippen MR) is 84.2 cm³/mol. The first kappa shape index (κ1) is 20.6. The van der Waals surface area contributed by atoms with Crippen LogP contribution in [0.25, 0.3) is 0 Å². The first-order valence-corrected chi connectivity index (χ1v) is 7.68. The third kappa shape index (κ3) is 6.18. The number of amides is 1. The third-order valence-electron chi connectivity index (χ3n) is 3.39. The lowest BCUT2D eigenvalue weighted by Gasteiger charge is -2.44. The fourth-order valence-electron chi connectivity index (χ4n) is 2.57. The molecular formula is C16H23NO8. The molecule has 1 rings (SSSR count). The Bertz CT molecular complexity index is 546. The summed E-state index contributed by atoms with van der Waals surface area (Å²) in [6.45, 7) is 8.30. The van der Waals surface area contributed by atoms with Crippen LogP contribution < -0.4 is 5.32 Å². The standard InChI is InChI=1S/C16H23NO8/c1-6-12-14(17-8(2)18)16(24-11(5)21)15(23-10(4)20)13(25-12)7-22-9(3)19/h6,12-16H,1,7H2,2-5H3,(H,17,18)/t12-,13-,14+,15-,16-/m1/s1. The van der Waals surface area contributed by atoms with E-state index in [1.807, 2.05) is 0 Å². The molecule has 0 aliphatic carbocycles. The molecule has 0 saturated carbocycles. The molecular weight excluding hydrogens is 334 g/mol. The van der Waals surface area contributed by atoms with Gasteiger partial charge in [-0.05, 0) is 0 Å². The predicted octanol–water partition coefficient (Wildman–Crippen LogP) is -0.129. The van der Waals surface area contributed by atoms with E-state index in [1.54, 1.807) is 0 Å². The van der Waals surface area contributed by atoms with E-state index >= 15 is 0 Å². The molecule has 1 heterocycles. The van der Waals surface area contributed by atoms with Crippen LogP contribution in [-0.4, -0.2) is 60.9 Å².